The molecule has 1 nitrogen and oxygen atoms in total. The highest BCUT2D eigenvalue weighted by atomic mass is 19.1. The summed E-state index contributed by atoms with van der Waals surface area (Å²) in [5.74, 6) is 5.41. The van der Waals surface area contributed by atoms with Crippen LogP contribution in [0.3, 0.4) is 0 Å². The fraction of sp³-hybridized carbons (Fsp3) is 0.273. The Bertz CT molecular complexity index is 347. The number of hydrogen-bond donors (Lipinski definition) is 1. The van der Waals surface area contributed by atoms with Gasteiger partial charge in [-0.05, 0) is 24.6 Å². The van der Waals surface area contributed by atoms with Crippen molar-refractivity contribution in [3.8, 4) is 11.8 Å². The molecule has 0 amide bonds. The molecule has 13 heavy (non-hydrogen) atoms. The second-order valence-corrected chi connectivity index (χ2v) is 2.79. The van der Waals surface area contributed by atoms with Crippen LogP contribution in [0.25, 0.3) is 0 Å². The van der Waals surface area contributed by atoms with Crippen molar-refractivity contribution in [3.63, 3.8) is 0 Å². The molecule has 0 aliphatic heterocycles. The fourth-order valence-corrected chi connectivity index (χ4v) is 0.894. The highest BCUT2D eigenvalue weighted by Crippen LogP contribution is 2.10. The van der Waals surface area contributed by atoms with E-state index in [-0.39, 0.29) is 5.69 Å². The SMILES string of the molecule is CCCC#Cc1ccc(N)c(F)c1. The van der Waals surface area contributed by atoms with Crippen LogP contribution < -0.4 is 5.73 Å². The highest BCUT2D eigenvalue weighted by Gasteiger charge is 1.96. The summed E-state index contributed by atoms with van der Waals surface area (Å²) < 4.78 is 12.9. The second-order valence-electron chi connectivity index (χ2n) is 2.79. The normalized spacial score (nSPS) is 9.08. The number of rotatable bonds is 1. The third-order valence-electron chi connectivity index (χ3n) is 1.61. The molecule has 1 aromatic carbocycles. The van der Waals surface area contributed by atoms with Gasteiger partial charge in [0.1, 0.15) is 5.82 Å². The van der Waals surface area contributed by atoms with E-state index in [1.165, 1.54) is 12.1 Å². The zero-order valence-electron chi connectivity index (χ0n) is 7.60. The Hall–Kier alpha value is -1.49. The van der Waals surface area contributed by atoms with Gasteiger partial charge in [-0.25, -0.2) is 4.39 Å². The molecule has 68 valence electrons. The van der Waals surface area contributed by atoms with Gasteiger partial charge in [-0.15, -0.1) is 0 Å². The molecule has 0 unspecified atom stereocenters. The third kappa shape index (κ3) is 2.79. The molecule has 2 heteroatoms. The second kappa shape index (κ2) is 4.51. The van der Waals surface area contributed by atoms with E-state index in [9.17, 15) is 4.39 Å². The molecular formula is C11H12FN. The molecule has 0 atom stereocenters. The van der Waals surface area contributed by atoms with Crippen molar-refractivity contribution < 1.29 is 4.39 Å². The van der Waals surface area contributed by atoms with Crippen molar-refractivity contribution in [2.75, 3.05) is 5.73 Å². The van der Waals surface area contributed by atoms with Crippen LogP contribution in [0.2, 0.25) is 0 Å². The van der Waals surface area contributed by atoms with Gasteiger partial charge in [0.2, 0.25) is 0 Å². The lowest BCUT2D eigenvalue weighted by atomic mass is 10.2. The zero-order chi connectivity index (χ0) is 9.68. The molecule has 0 saturated carbocycles. The summed E-state index contributed by atoms with van der Waals surface area (Å²) in [6.07, 6.45) is 1.86. The van der Waals surface area contributed by atoms with Crippen LogP contribution in [0, 0.1) is 17.7 Å². The first kappa shape index (κ1) is 9.60. The minimum Gasteiger partial charge on any atom is -0.396 e. The largest absolute Gasteiger partial charge is 0.396 e. The minimum atomic E-state index is -0.400. The Morgan fingerprint density at radius 3 is 2.85 bits per heavy atom. The van der Waals surface area contributed by atoms with Crippen LogP contribution in [0.4, 0.5) is 10.1 Å². The predicted octanol–water partition coefficient (Wildman–Crippen LogP) is 2.56. The van der Waals surface area contributed by atoms with Gasteiger partial charge in [-0.3, -0.25) is 0 Å². The van der Waals surface area contributed by atoms with Gasteiger partial charge in [-0.2, -0.15) is 0 Å². The van der Waals surface area contributed by atoms with E-state index in [1.54, 1.807) is 6.07 Å². The molecule has 0 fully saturated rings. The maximum Gasteiger partial charge on any atom is 0.147 e. The lowest BCUT2D eigenvalue weighted by molar-refractivity contribution is 0.632. The fourth-order valence-electron chi connectivity index (χ4n) is 0.894. The van der Waals surface area contributed by atoms with Gasteiger partial charge in [0.15, 0.2) is 0 Å². The van der Waals surface area contributed by atoms with Gasteiger partial charge in [0.05, 0.1) is 5.69 Å². The number of halogens is 1. The Balaban J connectivity index is 2.81. The molecule has 0 heterocycles. The number of nitrogen functional groups attached to an aromatic ring is 1. The average molecular weight is 177 g/mol. The summed E-state index contributed by atoms with van der Waals surface area (Å²) in [5.41, 5.74) is 6.17. The van der Waals surface area contributed by atoms with Crippen LogP contribution in [0.1, 0.15) is 25.3 Å². The van der Waals surface area contributed by atoms with E-state index in [0.29, 0.717) is 5.56 Å². The molecule has 0 saturated heterocycles. The van der Waals surface area contributed by atoms with E-state index >= 15 is 0 Å². The first-order chi connectivity index (χ1) is 6.24. The Labute approximate surface area is 77.8 Å². The Morgan fingerprint density at radius 1 is 1.46 bits per heavy atom. The number of benzene rings is 1. The molecule has 0 aliphatic carbocycles. The molecule has 0 bridgehead atoms. The van der Waals surface area contributed by atoms with Crippen molar-refractivity contribution in [1.82, 2.24) is 0 Å². The van der Waals surface area contributed by atoms with Crippen molar-refractivity contribution in [2.24, 2.45) is 0 Å². The number of anilines is 1. The molecule has 1 aromatic rings. The number of unbranched alkanes of at least 4 members (excludes halogenated alkanes) is 1. The monoisotopic (exact) mass is 177 g/mol. The van der Waals surface area contributed by atoms with Crippen LogP contribution in [-0.2, 0) is 0 Å². The molecule has 1 rings (SSSR count). The van der Waals surface area contributed by atoms with Crippen molar-refractivity contribution in [1.29, 1.82) is 0 Å². The lowest BCUT2D eigenvalue weighted by Gasteiger charge is -1.95. The van der Waals surface area contributed by atoms with Gasteiger partial charge in [0.25, 0.3) is 0 Å². The quantitative estimate of drug-likeness (QED) is 0.517. The Kier molecular flexibility index (Phi) is 3.33. The zero-order valence-corrected chi connectivity index (χ0v) is 7.60. The maximum atomic E-state index is 12.9. The molecule has 0 spiro atoms. The van der Waals surface area contributed by atoms with Crippen molar-refractivity contribution in [3.05, 3.63) is 29.6 Å². The van der Waals surface area contributed by atoms with Crippen molar-refractivity contribution >= 4 is 5.69 Å². The van der Waals surface area contributed by atoms with Crippen LogP contribution >= 0.6 is 0 Å². The first-order valence-electron chi connectivity index (χ1n) is 4.28. The van der Waals surface area contributed by atoms with Gasteiger partial charge in [-0.1, -0.05) is 18.8 Å². The lowest BCUT2D eigenvalue weighted by Crippen LogP contribution is -1.90. The molecule has 0 aromatic heterocycles. The molecule has 0 aliphatic rings. The predicted molar refractivity (Wildman–Crippen MR) is 52.6 cm³/mol. The van der Waals surface area contributed by atoms with Crippen molar-refractivity contribution in [2.45, 2.75) is 19.8 Å². The van der Waals surface area contributed by atoms with E-state index in [1.807, 2.05) is 0 Å². The van der Waals surface area contributed by atoms with Crippen LogP contribution in [0.5, 0.6) is 0 Å². The Morgan fingerprint density at radius 2 is 2.23 bits per heavy atom. The number of nitrogens with two attached hydrogens (primary N) is 1. The van der Waals surface area contributed by atoms with E-state index in [0.717, 1.165) is 12.8 Å². The summed E-state index contributed by atoms with van der Waals surface area (Å²) in [7, 11) is 0. The topological polar surface area (TPSA) is 26.0 Å². The average Bonchev–Trinajstić information content (AvgIpc) is 2.12. The maximum absolute atomic E-state index is 12.9. The van der Waals surface area contributed by atoms with Gasteiger partial charge >= 0.3 is 0 Å². The van der Waals surface area contributed by atoms with E-state index < -0.39 is 5.82 Å². The summed E-state index contributed by atoms with van der Waals surface area (Å²) in [6.45, 7) is 2.05. The highest BCUT2D eigenvalue weighted by molar-refractivity contribution is 5.46. The minimum absolute atomic E-state index is 0.168. The van der Waals surface area contributed by atoms with E-state index in [2.05, 4.69) is 18.8 Å². The molecular weight excluding hydrogens is 165 g/mol. The molecule has 0 radical (unpaired) electrons. The van der Waals surface area contributed by atoms with Gasteiger partial charge in [0, 0.05) is 12.0 Å². The number of hydrogen-bond acceptors (Lipinski definition) is 1. The smallest absolute Gasteiger partial charge is 0.147 e. The summed E-state index contributed by atoms with van der Waals surface area (Å²) in [6, 6.07) is 4.62. The first-order valence-corrected chi connectivity index (χ1v) is 4.28. The summed E-state index contributed by atoms with van der Waals surface area (Å²) >= 11 is 0. The summed E-state index contributed by atoms with van der Waals surface area (Å²) in [5, 5.41) is 0. The molecule has 2 N–H and O–H groups in total. The standard InChI is InChI=1S/C11H12FN/c1-2-3-4-5-9-6-7-11(13)10(12)8-9/h6-8H,2-3,13H2,1H3. The van der Waals surface area contributed by atoms with Crippen LogP contribution in [-0.4, -0.2) is 0 Å². The van der Waals surface area contributed by atoms with E-state index in [4.69, 9.17) is 5.73 Å². The summed E-state index contributed by atoms with van der Waals surface area (Å²) in [4.78, 5) is 0. The third-order valence-corrected chi connectivity index (χ3v) is 1.61. The van der Waals surface area contributed by atoms with Crippen LogP contribution in [0.15, 0.2) is 18.2 Å². The van der Waals surface area contributed by atoms with Gasteiger partial charge < -0.3 is 5.73 Å².